The number of rotatable bonds is 9. The van der Waals surface area contributed by atoms with E-state index in [0.717, 1.165) is 57.7 Å². The molecule has 3 heterocycles. The monoisotopic (exact) mass is 581 g/mol. The first kappa shape index (κ1) is 28.8. The number of nitrogens with zero attached hydrogens (tertiary/aromatic N) is 7. The molecule has 1 unspecified atom stereocenters. The van der Waals surface area contributed by atoms with Crippen molar-refractivity contribution >= 4 is 42.3 Å². The SMILES string of the molecule is CN1CCN(C2CCN(c3ccc(Nc4nccc(N(F)c5cccc(C[P+](C)=O)c5)n4)cc3[N+](=O)[O-])CC2)CC1. The van der Waals surface area contributed by atoms with Crippen LogP contribution in [0.1, 0.15) is 18.4 Å². The van der Waals surface area contributed by atoms with E-state index in [-0.39, 0.29) is 28.1 Å². The zero-order chi connectivity index (χ0) is 28.9. The third kappa shape index (κ3) is 7.13. The molecule has 13 heteroatoms. The Hall–Kier alpha value is -3.73. The van der Waals surface area contributed by atoms with Gasteiger partial charge in [0.05, 0.1) is 10.6 Å². The van der Waals surface area contributed by atoms with E-state index in [9.17, 15) is 14.7 Å². The average molecular weight is 582 g/mol. The second-order valence-electron chi connectivity index (χ2n) is 10.6. The smallest absolute Gasteiger partial charge is 0.340 e. The minimum atomic E-state index is -1.40. The van der Waals surface area contributed by atoms with E-state index in [1.54, 1.807) is 43.1 Å². The van der Waals surface area contributed by atoms with Crippen molar-refractivity contribution in [1.29, 1.82) is 0 Å². The minimum absolute atomic E-state index is 0.00222. The third-order valence-electron chi connectivity index (χ3n) is 7.67. The Morgan fingerprint density at radius 2 is 1.85 bits per heavy atom. The molecule has 2 saturated heterocycles. The summed E-state index contributed by atoms with van der Waals surface area (Å²) in [5, 5.41) is 15.4. The van der Waals surface area contributed by atoms with Crippen LogP contribution in [0.3, 0.4) is 0 Å². The number of anilines is 5. The first-order valence-electron chi connectivity index (χ1n) is 13.8. The minimum Gasteiger partial charge on any atom is -0.366 e. The van der Waals surface area contributed by atoms with E-state index in [1.807, 2.05) is 0 Å². The number of nitro benzene ring substituents is 1. The number of hydrogen-bond donors (Lipinski definition) is 1. The van der Waals surface area contributed by atoms with Crippen LogP contribution in [-0.2, 0) is 10.7 Å². The molecule has 2 fully saturated rings. The lowest BCUT2D eigenvalue weighted by atomic mass is 10.0. The van der Waals surface area contributed by atoms with Gasteiger partial charge in [-0.25, -0.2) is 4.98 Å². The maximum absolute atomic E-state index is 15.2. The standard InChI is InChI=1S/C28H35FN8O3P/c1-33-14-16-34(17-15-33)23-9-12-35(13-10-23)25-7-6-22(19-26(25)37(38)39)31-28-30-11-8-27(32-28)36(29)24-5-3-4-21(18-24)20-41(2)40/h3-8,11,18-19,23H,9-10,12-17,20H2,1-2H3,(H,30,31,32)/q+1. The number of benzene rings is 2. The number of halogens is 1. The quantitative estimate of drug-likeness (QED) is 0.154. The summed E-state index contributed by atoms with van der Waals surface area (Å²) in [4.78, 5) is 27.1. The van der Waals surface area contributed by atoms with Gasteiger partial charge in [-0.2, -0.15) is 10.1 Å². The van der Waals surface area contributed by atoms with Crippen LogP contribution in [-0.4, -0.2) is 83.7 Å². The normalized spacial score (nSPS) is 17.3. The van der Waals surface area contributed by atoms with Gasteiger partial charge in [0.2, 0.25) is 5.95 Å². The maximum Gasteiger partial charge on any atom is 0.340 e. The summed E-state index contributed by atoms with van der Waals surface area (Å²) in [5.41, 5.74) is 2.04. The molecule has 1 N–H and O–H groups in total. The predicted molar refractivity (Wildman–Crippen MR) is 160 cm³/mol. The highest BCUT2D eigenvalue weighted by atomic mass is 31.1. The van der Waals surface area contributed by atoms with Gasteiger partial charge in [-0.1, -0.05) is 21.2 Å². The van der Waals surface area contributed by atoms with Crippen LogP contribution in [0.4, 0.5) is 39.0 Å². The van der Waals surface area contributed by atoms with Crippen molar-refractivity contribution in [3.05, 3.63) is 70.4 Å². The van der Waals surface area contributed by atoms with E-state index in [1.165, 1.54) is 18.3 Å². The number of hydrogen-bond acceptors (Lipinski definition) is 10. The van der Waals surface area contributed by atoms with E-state index in [0.29, 0.717) is 28.7 Å². The fourth-order valence-corrected chi connectivity index (χ4v) is 6.20. The van der Waals surface area contributed by atoms with Crippen LogP contribution >= 0.6 is 7.80 Å². The fraction of sp³-hybridized carbons (Fsp3) is 0.429. The number of piperazine rings is 1. The van der Waals surface area contributed by atoms with Crippen molar-refractivity contribution in [3.8, 4) is 0 Å². The summed E-state index contributed by atoms with van der Waals surface area (Å²) in [5.74, 6) is 0.0999. The zero-order valence-corrected chi connectivity index (χ0v) is 24.2. The van der Waals surface area contributed by atoms with Gasteiger partial charge in [0, 0.05) is 74.9 Å². The molecule has 2 aliphatic heterocycles. The average Bonchev–Trinajstić information content (AvgIpc) is 2.97. The summed E-state index contributed by atoms with van der Waals surface area (Å²) in [7, 11) is 0.750. The van der Waals surface area contributed by atoms with E-state index in [4.69, 9.17) is 0 Å². The van der Waals surface area contributed by atoms with Crippen molar-refractivity contribution < 1.29 is 14.0 Å². The first-order valence-corrected chi connectivity index (χ1v) is 15.6. The van der Waals surface area contributed by atoms with Gasteiger partial charge in [0.1, 0.15) is 12.4 Å². The Morgan fingerprint density at radius 1 is 1.10 bits per heavy atom. The van der Waals surface area contributed by atoms with Gasteiger partial charge < -0.3 is 15.1 Å². The van der Waals surface area contributed by atoms with Crippen LogP contribution in [0, 0.1) is 10.1 Å². The van der Waals surface area contributed by atoms with Gasteiger partial charge in [-0.3, -0.25) is 15.0 Å². The molecule has 0 aliphatic carbocycles. The van der Waals surface area contributed by atoms with Gasteiger partial charge in [-0.05, 0) is 44.2 Å². The van der Waals surface area contributed by atoms with Crippen molar-refractivity contribution in [2.75, 3.05) is 68.3 Å². The Labute approximate surface area is 239 Å². The van der Waals surface area contributed by atoms with Gasteiger partial charge >= 0.3 is 7.80 Å². The summed E-state index contributed by atoms with van der Waals surface area (Å²) in [6.45, 7) is 7.44. The summed E-state index contributed by atoms with van der Waals surface area (Å²) in [6, 6.07) is 13.6. The lowest BCUT2D eigenvalue weighted by Gasteiger charge is -2.42. The number of nitrogens with one attached hydrogen (secondary N) is 1. The second kappa shape index (κ2) is 12.8. The van der Waals surface area contributed by atoms with Gasteiger partial charge in [0.25, 0.3) is 5.69 Å². The van der Waals surface area contributed by atoms with Crippen molar-refractivity contribution in [2.24, 2.45) is 0 Å². The molecule has 5 rings (SSSR count). The summed E-state index contributed by atoms with van der Waals surface area (Å²) >= 11 is 0. The Morgan fingerprint density at radius 3 is 2.56 bits per heavy atom. The molecule has 216 valence electrons. The van der Waals surface area contributed by atoms with Crippen LogP contribution in [0.5, 0.6) is 0 Å². The lowest BCUT2D eigenvalue weighted by molar-refractivity contribution is -0.384. The molecule has 0 saturated carbocycles. The highest BCUT2D eigenvalue weighted by Crippen LogP contribution is 2.35. The van der Waals surface area contributed by atoms with Crippen molar-refractivity contribution in [3.63, 3.8) is 0 Å². The van der Waals surface area contributed by atoms with Crippen LogP contribution in [0.2, 0.25) is 0 Å². The summed E-state index contributed by atoms with van der Waals surface area (Å²) < 4.78 is 26.8. The molecule has 41 heavy (non-hydrogen) atoms. The van der Waals surface area contributed by atoms with Gasteiger partial charge in [-0.15, -0.1) is 0 Å². The molecule has 2 aromatic carbocycles. The van der Waals surface area contributed by atoms with Gasteiger partial charge in [0.15, 0.2) is 12.0 Å². The largest absolute Gasteiger partial charge is 0.366 e. The molecule has 2 aliphatic rings. The maximum atomic E-state index is 15.2. The number of aromatic nitrogens is 2. The molecule has 0 amide bonds. The molecule has 0 bridgehead atoms. The van der Waals surface area contributed by atoms with Crippen molar-refractivity contribution in [2.45, 2.75) is 25.0 Å². The molecule has 0 spiro atoms. The first-order chi connectivity index (χ1) is 19.8. The number of likely N-dealkylation sites (N-methyl/N-ethyl adjacent to an activating group) is 1. The van der Waals surface area contributed by atoms with Crippen LogP contribution in [0.15, 0.2) is 54.7 Å². The molecule has 11 nitrogen and oxygen atoms in total. The molecule has 3 aromatic rings. The number of piperidine rings is 1. The highest BCUT2D eigenvalue weighted by molar-refractivity contribution is 7.42. The topological polar surface area (TPSA) is 111 Å². The molecule has 0 radical (unpaired) electrons. The van der Waals surface area contributed by atoms with E-state index >= 15 is 4.48 Å². The van der Waals surface area contributed by atoms with E-state index < -0.39 is 7.80 Å². The summed E-state index contributed by atoms with van der Waals surface area (Å²) in [6.07, 6.45) is 3.72. The number of nitro groups is 1. The van der Waals surface area contributed by atoms with E-state index in [2.05, 4.69) is 37.0 Å². The molecule has 1 atom stereocenters. The van der Waals surface area contributed by atoms with Crippen LogP contribution < -0.4 is 15.3 Å². The molecule has 1 aromatic heterocycles. The molecular weight excluding hydrogens is 546 g/mol. The Balaban J connectivity index is 1.27. The van der Waals surface area contributed by atoms with Crippen LogP contribution in [0.25, 0.3) is 0 Å². The highest BCUT2D eigenvalue weighted by Gasteiger charge is 2.29. The zero-order valence-electron chi connectivity index (χ0n) is 23.3. The Kier molecular flexibility index (Phi) is 9.02. The second-order valence-corrected chi connectivity index (χ2v) is 12.2. The molecular formula is C28H35FN8O3P+. The predicted octanol–water partition coefficient (Wildman–Crippen LogP) is 5.32. The van der Waals surface area contributed by atoms with Crippen molar-refractivity contribution in [1.82, 2.24) is 19.8 Å². The third-order valence-corrected chi connectivity index (χ3v) is 8.48. The lowest BCUT2D eigenvalue weighted by Crippen LogP contribution is -2.52. The fourth-order valence-electron chi connectivity index (χ4n) is 5.49. The Bertz CT molecular complexity index is 1400.